The Balaban J connectivity index is 1.51. The van der Waals surface area contributed by atoms with Crippen LogP contribution >= 0.6 is 22.9 Å². The first-order valence-electron chi connectivity index (χ1n) is 7.57. The van der Waals surface area contributed by atoms with Crippen LogP contribution in [0.3, 0.4) is 0 Å². The van der Waals surface area contributed by atoms with Crippen LogP contribution in [0.5, 0.6) is 0 Å². The Morgan fingerprint density at radius 3 is 2.61 bits per heavy atom. The zero-order valence-electron chi connectivity index (χ0n) is 12.6. The number of aromatic nitrogens is 2. The van der Waals surface area contributed by atoms with Gasteiger partial charge >= 0.3 is 6.03 Å². The highest BCUT2D eigenvalue weighted by Crippen LogP contribution is 2.20. The van der Waals surface area contributed by atoms with Gasteiger partial charge in [0.2, 0.25) is 5.13 Å². The molecule has 3 rings (SSSR count). The average Bonchev–Trinajstić information content (AvgIpc) is 2.97. The number of benzene rings is 1. The van der Waals surface area contributed by atoms with Gasteiger partial charge in [-0.1, -0.05) is 29.4 Å². The summed E-state index contributed by atoms with van der Waals surface area (Å²) in [5.41, 5.74) is 0.671. The molecule has 2 N–H and O–H groups in total. The molecule has 0 radical (unpaired) electrons. The lowest BCUT2D eigenvalue weighted by Gasteiger charge is -2.24. The lowest BCUT2D eigenvalue weighted by atomic mass is 10.1. The first-order chi connectivity index (χ1) is 11.2. The van der Waals surface area contributed by atoms with E-state index in [2.05, 4.69) is 25.7 Å². The Bertz CT molecular complexity index is 654. The second-order valence-corrected chi connectivity index (χ2v) is 6.92. The number of hydrogen-bond donors (Lipinski definition) is 2. The van der Waals surface area contributed by atoms with E-state index in [1.807, 2.05) is 0 Å². The molecule has 2 amide bonds. The third kappa shape index (κ3) is 4.89. The molecule has 0 atom stereocenters. The van der Waals surface area contributed by atoms with Gasteiger partial charge in [-0.25, -0.2) is 4.79 Å². The Morgan fingerprint density at radius 1 is 1.13 bits per heavy atom. The normalized spacial score (nSPS) is 15.3. The van der Waals surface area contributed by atoms with Gasteiger partial charge in [-0.05, 0) is 50.2 Å². The molecule has 1 saturated heterocycles. The Morgan fingerprint density at radius 2 is 1.87 bits per heavy atom. The number of hydrogen-bond acceptors (Lipinski definition) is 5. The number of nitrogens with one attached hydrogen (secondary N) is 2. The highest BCUT2D eigenvalue weighted by Gasteiger charge is 2.14. The Labute approximate surface area is 143 Å². The molecule has 1 fully saturated rings. The van der Waals surface area contributed by atoms with E-state index in [1.54, 1.807) is 24.3 Å². The van der Waals surface area contributed by atoms with Crippen molar-refractivity contribution in [2.45, 2.75) is 25.8 Å². The van der Waals surface area contributed by atoms with E-state index in [1.165, 1.54) is 30.6 Å². The van der Waals surface area contributed by atoms with Crippen LogP contribution in [0.1, 0.15) is 24.3 Å². The van der Waals surface area contributed by atoms with Crippen molar-refractivity contribution in [2.75, 3.05) is 23.7 Å². The molecule has 2 aromatic rings. The molecule has 8 heteroatoms. The smallest absolute Gasteiger partial charge is 0.308 e. The predicted molar refractivity (Wildman–Crippen MR) is 93.1 cm³/mol. The molecule has 6 nitrogen and oxygen atoms in total. The first kappa shape index (κ1) is 16.2. The molecule has 1 aliphatic rings. The van der Waals surface area contributed by atoms with E-state index < -0.39 is 0 Å². The minimum Gasteiger partial charge on any atom is -0.308 e. The van der Waals surface area contributed by atoms with Crippen molar-refractivity contribution in [1.29, 1.82) is 0 Å². The number of halogens is 1. The predicted octanol–water partition coefficient (Wildman–Crippen LogP) is 3.82. The van der Waals surface area contributed by atoms with Crippen LogP contribution in [0.4, 0.5) is 15.6 Å². The van der Waals surface area contributed by atoms with E-state index in [9.17, 15) is 4.79 Å². The average molecular weight is 352 g/mol. The van der Waals surface area contributed by atoms with Crippen molar-refractivity contribution < 1.29 is 4.79 Å². The number of piperidine rings is 1. The number of carbonyl (C=O) groups is 1. The van der Waals surface area contributed by atoms with Gasteiger partial charge in [-0.2, -0.15) is 0 Å². The second kappa shape index (κ2) is 7.72. The van der Waals surface area contributed by atoms with Crippen LogP contribution in [0.25, 0.3) is 0 Å². The van der Waals surface area contributed by atoms with E-state index in [0.29, 0.717) is 15.8 Å². The maximum absolute atomic E-state index is 11.9. The molecule has 1 aromatic carbocycles. The highest BCUT2D eigenvalue weighted by atomic mass is 35.5. The highest BCUT2D eigenvalue weighted by molar-refractivity contribution is 7.15. The zero-order chi connectivity index (χ0) is 16.1. The topological polar surface area (TPSA) is 70.1 Å². The van der Waals surface area contributed by atoms with Crippen molar-refractivity contribution in [3.8, 4) is 0 Å². The summed E-state index contributed by atoms with van der Waals surface area (Å²) < 4.78 is 0. The van der Waals surface area contributed by atoms with E-state index >= 15 is 0 Å². The molecule has 2 heterocycles. The number of anilines is 2. The SMILES string of the molecule is O=C(Nc1ccc(Cl)cc1)Nc1nnc(CN2CCCCC2)s1. The number of urea groups is 1. The lowest BCUT2D eigenvalue weighted by molar-refractivity contribution is 0.220. The fourth-order valence-electron chi connectivity index (χ4n) is 2.47. The Kier molecular flexibility index (Phi) is 5.43. The fourth-order valence-corrected chi connectivity index (χ4v) is 3.37. The standard InChI is InChI=1S/C15H18ClN5OS/c16-11-4-6-12(7-5-11)17-14(22)18-15-20-19-13(23-15)10-21-8-2-1-3-9-21/h4-7H,1-3,8-10H2,(H2,17,18,20,22). The van der Waals surface area contributed by atoms with Crippen molar-refractivity contribution in [3.63, 3.8) is 0 Å². The number of amides is 2. The molecule has 23 heavy (non-hydrogen) atoms. The molecule has 1 aliphatic heterocycles. The summed E-state index contributed by atoms with van der Waals surface area (Å²) in [6.07, 6.45) is 3.80. The van der Waals surface area contributed by atoms with Crippen molar-refractivity contribution in [3.05, 3.63) is 34.3 Å². The van der Waals surface area contributed by atoms with Crippen LogP contribution in [0.2, 0.25) is 5.02 Å². The lowest BCUT2D eigenvalue weighted by Crippen LogP contribution is -2.28. The summed E-state index contributed by atoms with van der Waals surface area (Å²) >= 11 is 7.22. The fraction of sp³-hybridized carbons (Fsp3) is 0.400. The molecule has 0 bridgehead atoms. The summed E-state index contributed by atoms with van der Waals surface area (Å²) in [4.78, 5) is 14.3. The van der Waals surface area contributed by atoms with Crippen LogP contribution < -0.4 is 10.6 Å². The first-order valence-corrected chi connectivity index (χ1v) is 8.77. The van der Waals surface area contributed by atoms with Crippen molar-refractivity contribution >= 4 is 39.8 Å². The molecular formula is C15H18ClN5OS. The summed E-state index contributed by atoms with van der Waals surface area (Å²) in [5, 5.41) is 15.7. The quantitative estimate of drug-likeness (QED) is 0.878. The molecule has 1 aromatic heterocycles. The summed E-state index contributed by atoms with van der Waals surface area (Å²) in [7, 11) is 0. The van der Waals surface area contributed by atoms with Crippen LogP contribution in [0.15, 0.2) is 24.3 Å². The van der Waals surface area contributed by atoms with Gasteiger partial charge in [-0.3, -0.25) is 10.2 Å². The molecule has 0 saturated carbocycles. The summed E-state index contributed by atoms with van der Waals surface area (Å²) in [5.74, 6) is 0. The van der Waals surface area contributed by atoms with E-state index in [-0.39, 0.29) is 6.03 Å². The van der Waals surface area contributed by atoms with Crippen LogP contribution in [0, 0.1) is 0 Å². The van der Waals surface area contributed by atoms with Crippen LogP contribution in [-0.2, 0) is 6.54 Å². The van der Waals surface area contributed by atoms with E-state index in [4.69, 9.17) is 11.6 Å². The molecule has 0 aliphatic carbocycles. The summed E-state index contributed by atoms with van der Waals surface area (Å²) in [6, 6.07) is 6.58. The second-order valence-electron chi connectivity index (χ2n) is 5.42. The number of nitrogens with zero attached hydrogens (tertiary/aromatic N) is 3. The largest absolute Gasteiger partial charge is 0.325 e. The minimum absolute atomic E-state index is 0.340. The van der Waals surface area contributed by atoms with Gasteiger partial charge in [0, 0.05) is 10.7 Å². The number of rotatable bonds is 4. The van der Waals surface area contributed by atoms with Gasteiger partial charge in [-0.15, -0.1) is 10.2 Å². The molecule has 0 spiro atoms. The molecular weight excluding hydrogens is 334 g/mol. The van der Waals surface area contributed by atoms with E-state index in [0.717, 1.165) is 24.6 Å². The minimum atomic E-state index is -0.340. The number of carbonyl (C=O) groups excluding carboxylic acids is 1. The van der Waals surface area contributed by atoms with Crippen molar-refractivity contribution in [2.24, 2.45) is 0 Å². The van der Waals surface area contributed by atoms with Gasteiger partial charge in [0.25, 0.3) is 0 Å². The number of likely N-dealkylation sites (tertiary alicyclic amines) is 1. The van der Waals surface area contributed by atoms with Gasteiger partial charge in [0.15, 0.2) is 0 Å². The van der Waals surface area contributed by atoms with Gasteiger partial charge < -0.3 is 5.32 Å². The third-order valence-electron chi connectivity index (χ3n) is 3.60. The van der Waals surface area contributed by atoms with Gasteiger partial charge in [0.05, 0.1) is 6.54 Å². The maximum Gasteiger partial charge on any atom is 0.325 e. The third-order valence-corrected chi connectivity index (χ3v) is 4.67. The maximum atomic E-state index is 11.9. The monoisotopic (exact) mass is 351 g/mol. The Hall–Kier alpha value is -1.70. The van der Waals surface area contributed by atoms with Gasteiger partial charge in [0.1, 0.15) is 5.01 Å². The van der Waals surface area contributed by atoms with Crippen molar-refractivity contribution in [1.82, 2.24) is 15.1 Å². The van der Waals surface area contributed by atoms with Crippen LogP contribution in [-0.4, -0.2) is 34.2 Å². The zero-order valence-corrected chi connectivity index (χ0v) is 14.2. The molecule has 122 valence electrons. The molecule has 0 unspecified atom stereocenters. The summed E-state index contributed by atoms with van der Waals surface area (Å²) in [6.45, 7) is 3.02.